The van der Waals surface area contributed by atoms with E-state index < -0.39 is 9.04 Å². The fourth-order valence-corrected chi connectivity index (χ4v) is 0.236. The van der Waals surface area contributed by atoms with Crippen LogP contribution in [-0.4, -0.2) is 9.04 Å². The van der Waals surface area contributed by atoms with Gasteiger partial charge in [-0.2, -0.15) is 4.58 Å². The van der Waals surface area contributed by atoms with Gasteiger partial charge in [0.15, 0.2) is 0 Å². The molecule has 0 N–H and O–H groups in total. The number of hydrogen-bond donors (Lipinski definition) is 0. The molecule has 3 nitrogen and oxygen atoms in total. The highest BCUT2D eigenvalue weighted by Crippen LogP contribution is 1.77. The first kappa shape index (κ1) is 5.62. The van der Waals surface area contributed by atoms with Crippen LogP contribution in [0.3, 0.4) is 0 Å². The summed E-state index contributed by atoms with van der Waals surface area (Å²) in [5.41, 5.74) is 0. The van der Waals surface area contributed by atoms with Crippen LogP contribution in [0.2, 0.25) is 13.1 Å². The lowest BCUT2D eigenvalue weighted by atomic mass is 11.9. The molecule has 0 unspecified atom stereocenters. The highest BCUT2D eigenvalue weighted by Gasteiger charge is 2.03. The van der Waals surface area contributed by atoms with Crippen molar-refractivity contribution in [1.29, 1.82) is 0 Å². The molecule has 0 aromatic carbocycles. The fraction of sp³-hybridized carbons (Fsp3) is 1.00. The molecule has 0 amide bonds. The third-order valence-electron chi connectivity index (χ3n) is 0.232. The Kier molecular flexibility index (Phi) is 2.65. The van der Waals surface area contributed by atoms with Crippen molar-refractivity contribution in [1.82, 2.24) is 0 Å². The largest absolute Gasteiger partial charge is 0.376 e. The summed E-state index contributed by atoms with van der Waals surface area (Å²) in [5, 5.41) is 0. The maximum absolute atomic E-state index is 9.05. The van der Waals surface area contributed by atoms with Crippen molar-refractivity contribution in [2.24, 2.45) is 0 Å². The van der Waals surface area contributed by atoms with Gasteiger partial charge in [-0.1, -0.05) is 0 Å². The molecule has 0 aliphatic rings. The van der Waals surface area contributed by atoms with Gasteiger partial charge >= 0.3 is 13.8 Å². The molecule has 0 atom stereocenters. The molecular formula is C2H7O3Si+. The molecule has 0 aliphatic carbocycles. The number of hydrogen-bond acceptors (Lipinski definition) is 2. The van der Waals surface area contributed by atoms with Crippen molar-refractivity contribution in [3.63, 3.8) is 0 Å². The van der Waals surface area contributed by atoms with E-state index in [-0.39, 0.29) is 0 Å². The summed E-state index contributed by atoms with van der Waals surface area (Å²) < 4.78 is 7.24. The topological polar surface area (TPSA) is 37.6 Å². The SMILES string of the molecule is C[SiH](C)O[O+]=O. The second kappa shape index (κ2) is 2.83. The van der Waals surface area contributed by atoms with E-state index in [1.165, 1.54) is 0 Å². The summed E-state index contributed by atoms with van der Waals surface area (Å²) in [7, 11) is -1.21. The molecule has 0 aromatic heterocycles. The van der Waals surface area contributed by atoms with E-state index in [2.05, 4.69) is 9.32 Å². The van der Waals surface area contributed by atoms with Gasteiger partial charge in [0.2, 0.25) is 0 Å². The Hall–Kier alpha value is -0.383. The monoisotopic (exact) mass is 107 g/mol. The minimum Gasteiger partial charge on any atom is -0.163 e. The minimum absolute atomic E-state index is 1.21. The van der Waals surface area contributed by atoms with E-state index in [9.17, 15) is 0 Å². The standard InChI is InChI=1S/C2H7O3Si/c1-6(2)5-4-3/h6H,1-2H3/q+1. The van der Waals surface area contributed by atoms with Crippen molar-refractivity contribution in [2.75, 3.05) is 0 Å². The van der Waals surface area contributed by atoms with Gasteiger partial charge < -0.3 is 0 Å². The van der Waals surface area contributed by atoms with Gasteiger partial charge in [-0.25, -0.2) is 0 Å². The van der Waals surface area contributed by atoms with Gasteiger partial charge in [-0.15, -0.1) is 0 Å². The van der Waals surface area contributed by atoms with Crippen LogP contribution in [0.1, 0.15) is 0 Å². The van der Waals surface area contributed by atoms with Crippen molar-refractivity contribution >= 4 is 9.04 Å². The first-order valence-electron chi connectivity index (χ1n) is 1.72. The molecule has 0 bridgehead atoms. The van der Waals surface area contributed by atoms with Gasteiger partial charge in [0.25, 0.3) is 4.96 Å². The Balaban J connectivity index is 2.81. The van der Waals surface area contributed by atoms with Crippen LogP contribution in [0, 0.1) is 9.71 Å². The molecule has 0 fully saturated rings. The molecule has 0 heterocycles. The van der Waals surface area contributed by atoms with Crippen LogP contribution in [0.5, 0.6) is 0 Å². The zero-order chi connectivity index (χ0) is 4.99. The Morgan fingerprint density at radius 2 is 2.17 bits per heavy atom. The molecule has 0 rings (SSSR count). The summed E-state index contributed by atoms with van der Waals surface area (Å²) in [6.07, 6.45) is 0. The third kappa shape index (κ3) is 3.62. The summed E-state index contributed by atoms with van der Waals surface area (Å²) in [4.78, 5) is 9.05. The molecular weight excluding hydrogens is 100 g/mol. The summed E-state index contributed by atoms with van der Waals surface area (Å²) in [5.74, 6) is 0. The van der Waals surface area contributed by atoms with E-state index in [1.54, 1.807) is 0 Å². The molecule has 36 valence electrons. The predicted molar refractivity (Wildman–Crippen MR) is 26.7 cm³/mol. The molecule has 0 radical (unpaired) electrons. The van der Waals surface area contributed by atoms with Crippen LogP contribution in [0.25, 0.3) is 0 Å². The van der Waals surface area contributed by atoms with E-state index in [1.807, 2.05) is 13.1 Å². The Labute approximate surface area is 37.5 Å². The summed E-state index contributed by atoms with van der Waals surface area (Å²) >= 11 is 0. The fourth-order valence-electron chi connectivity index (χ4n) is 0.0786. The van der Waals surface area contributed by atoms with Gasteiger partial charge in [0.1, 0.15) is 0 Å². The number of rotatable bonds is 2. The lowest BCUT2D eigenvalue weighted by Crippen LogP contribution is -2.01. The Bertz CT molecular complexity index is 44.1. The normalized spacial score (nSPS) is 8.50. The second-order valence-corrected chi connectivity index (χ2v) is 3.50. The highest BCUT2D eigenvalue weighted by atomic mass is 28.3. The first-order valence-corrected chi connectivity index (χ1v) is 4.50. The van der Waals surface area contributed by atoms with E-state index in [4.69, 9.17) is 4.96 Å². The smallest absolute Gasteiger partial charge is 0.163 e. The predicted octanol–water partition coefficient (Wildman–Crippen LogP) is 0.518. The lowest BCUT2D eigenvalue weighted by Gasteiger charge is -1.74. The van der Waals surface area contributed by atoms with Gasteiger partial charge in [0, 0.05) is 0 Å². The van der Waals surface area contributed by atoms with Crippen molar-refractivity contribution in [3.8, 4) is 0 Å². The second-order valence-electron chi connectivity index (χ2n) is 1.21. The van der Waals surface area contributed by atoms with E-state index in [0.717, 1.165) is 0 Å². The molecule has 0 aliphatic heterocycles. The van der Waals surface area contributed by atoms with Gasteiger partial charge in [-0.3, -0.25) is 0 Å². The van der Waals surface area contributed by atoms with Crippen LogP contribution >= 0.6 is 0 Å². The molecule has 0 spiro atoms. The van der Waals surface area contributed by atoms with Gasteiger partial charge in [0.05, 0.1) is 0 Å². The van der Waals surface area contributed by atoms with Crippen LogP contribution in [-0.2, 0) is 4.58 Å². The molecule has 4 heteroatoms. The van der Waals surface area contributed by atoms with Crippen molar-refractivity contribution < 1.29 is 4.58 Å². The lowest BCUT2D eigenvalue weighted by molar-refractivity contribution is 0.487. The highest BCUT2D eigenvalue weighted by molar-refractivity contribution is 6.48. The molecule has 0 saturated carbocycles. The zero-order valence-corrected chi connectivity index (χ0v) is 4.96. The molecule has 6 heavy (non-hydrogen) atoms. The summed E-state index contributed by atoms with van der Waals surface area (Å²) in [6, 6.07) is 0. The Morgan fingerprint density at radius 1 is 1.67 bits per heavy atom. The third-order valence-corrected chi connectivity index (χ3v) is 0.695. The first-order chi connectivity index (χ1) is 2.77. The molecule has 0 saturated heterocycles. The molecule has 0 aromatic rings. The van der Waals surface area contributed by atoms with Gasteiger partial charge in [-0.05, 0) is 13.1 Å². The van der Waals surface area contributed by atoms with Crippen LogP contribution < -0.4 is 0 Å². The Morgan fingerprint density at radius 3 is 2.17 bits per heavy atom. The van der Waals surface area contributed by atoms with Crippen LogP contribution in [0.4, 0.5) is 0 Å². The van der Waals surface area contributed by atoms with E-state index >= 15 is 0 Å². The maximum Gasteiger partial charge on any atom is 0.376 e. The average Bonchev–Trinajstić information content (AvgIpc) is 1.35. The van der Waals surface area contributed by atoms with Crippen LogP contribution in [0.15, 0.2) is 0 Å². The van der Waals surface area contributed by atoms with Crippen molar-refractivity contribution in [3.05, 3.63) is 9.71 Å². The minimum atomic E-state index is -1.21. The van der Waals surface area contributed by atoms with Crippen molar-refractivity contribution in [2.45, 2.75) is 13.1 Å². The maximum atomic E-state index is 9.05. The zero-order valence-electron chi connectivity index (χ0n) is 3.80. The summed E-state index contributed by atoms with van der Waals surface area (Å²) in [6.45, 7) is 3.69. The van der Waals surface area contributed by atoms with E-state index in [0.29, 0.717) is 0 Å². The quantitative estimate of drug-likeness (QED) is 0.223. The average molecular weight is 107 g/mol.